The monoisotopic (exact) mass is 535 g/mol. The molecule has 3 fully saturated rings. The van der Waals surface area contributed by atoms with E-state index in [0.29, 0.717) is 35.6 Å². The number of carbonyl (C=O) groups excluding carboxylic acids is 3. The number of pyridine rings is 1. The van der Waals surface area contributed by atoms with Crippen LogP contribution in [0.3, 0.4) is 0 Å². The molecule has 2 aliphatic heterocycles. The van der Waals surface area contributed by atoms with E-state index in [9.17, 15) is 19.6 Å². The van der Waals surface area contributed by atoms with E-state index in [2.05, 4.69) is 16.4 Å². The number of halogens is 1. The number of benzene rings is 1. The fraction of sp³-hybridized carbons (Fsp3) is 0.464. The smallest absolute Gasteiger partial charge is 0.414 e. The quantitative estimate of drug-likeness (QED) is 0.620. The summed E-state index contributed by atoms with van der Waals surface area (Å²) in [4.78, 5) is 43.3. The molecule has 1 N–H and O–H groups in total. The lowest BCUT2D eigenvalue weighted by Crippen LogP contribution is -2.39. The minimum absolute atomic E-state index is 0.0286. The van der Waals surface area contributed by atoms with E-state index >= 15 is 4.39 Å². The topological polar surface area (TPSA) is 125 Å². The number of piperidine rings is 1. The van der Waals surface area contributed by atoms with Crippen molar-refractivity contribution in [3.8, 4) is 17.2 Å². The normalized spacial score (nSPS) is 25.5. The number of nitriles is 1. The molecule has 3 amide bonds. The van der Waals surface area contributed by atoms with Gasteiger partial charge in [-0.3, -0.25) is 14.7 Å². The predicted molar refractivity (Wildman–Crippen MR) is 138 cm³/mol. The van der Waals surface area contributed by atoms with Crippen LogP contribution in [0, 0.1) is 29.0 Å². The Bertz CT molecular complexity index is 1350. The summed E-state index contributed by atoms with van der Waals surface area (Å²) in [6.07, 6.45) is 0.0333. The third kappa shape index (κ3) is 4.87. The zero-order chi connectivity index (χ0) is 28.1. The van der Waals surface area contributed by atoms with E-state index in [1.54, 1.807) is 35.4 Å². The van der Waals surface area contributed by atoms with Crippen LogP contribution in [0.2, 0.25) is 0 Å². The first kappa shape index (κ1) is 26.4. The van der Waals surface area contributed by atoms with Gasteiger partial charge in [0.25, 0.3) is 0 Å². The Kier molecular flexibility index (Phi) is 6.45. The van der Waals surface area contributed by atoms with E-state index in [4.69, 9.17) is 9.47 Å². The van der Waals surface area contributed by atoms with Crippen molar-refractivity contribution in [1.29, 1.82) is 5.26 Å². The lowest BCUT2D eigenvalue weighted by molar-refractivity contribution is -0.119. The van der Waals surface area contributed by atoms with Crippen molar-refractivity contribution in [1.82, 2.24) is 15.2 Å². The van der Waals surface area contributed by atoms with Gasteiger partial charge in [0.15, 0.2) is 0 Å². The number of nitrogens with one attached hydrogen (secondary N) is 1. The molecular weight excluding hydrogens is 505 g/mol. The molecule has 0 spiro atoms. The van der Waals surface area contributed by atoms with Crippen LogP contribution in [0.1, 0.15) is 33.4 Å². The van der Waals surface area contributed by atoms with Gasteiger partial charge in [0.05, 0.1) is 30.5 Å². The van der Waals surface area contributed by atoms with Gasteiger partial charge in [-0.05, 0) is 45.0 Å². The standard InChI is InChI=1S/C28H30FN5O5/c1-16(35)31-11-19-12-34(26(37)38-19)18-6-7-20(23(29)9-18)17-5-8-24(32-10-17)28(15-30)21-13-33(14-22(21)28)25(36)39-27(2,3)4/h5-10,19,21-22H,11-14H2,1-4H3,(H,31,35)/t19-,21-,22+,28+/m0/s1. The summed E-state index contributed by atoms with van der Waals surface area (Å²) in [7, 11) is 0. The van der Waals surface area contributed by atoms with Crippen molar-refractivity contribution >= 4 is 23.8 Å². The number of fused-ring (bicyclic) bond motifs is 1. The van der Waals surface area contributed by atoms with Crippen LogP contribution >= 0.6 is 0 Å². The molecule has 0 radical (unpaired) electrons. The second kappa shape index (κ2) is 9.52. The average molecular weight is 536 g/mol. The first-order chi connectivity index (χ1) is 18.4. The van der Waals surface area contributed by atoms with Crippen molar-refractivity contribution in [2.24, 2.45) is 11.8 Å². The van der Waals surface area contributed by atoms with Gasteiger partial charge in [-0.2, -0.15) is 5.26 Å². The highest BCUT2D eigenvalue weighted by Crippen LogP contribution is 2.62. The molecule has 1 aromatic heterocycles. The van der Waals surface area contributed by atoms with Gasteiger partial charge in [-0.25, -0.2) is 14.0 Å². The van der Waals surface area contributed by atoms with E-state index in [1.165, 1.54) is 17.9 Å². The molecule has 204 valence electrons. The molecule has 1 aromatic carbocycles. The number of likely N-dealkylation sites (tertiary alicyclic amines) is 1. The third-order valence-corrected chi connectivity index (χ3v) is 7.43. The van der Waals surface area contributed by atoms with Gasteiger partial charge in [-0.15, -0.1) is 0 Å². The van der Waals surface area contributed by atoms with Crippen molar-refractivity contribution in [2.75, 3.05) is 31.1 Å². The zero-order valence-corrected chi connectivity index (χ0v) is 22.2. The zero-order valence-electron chi connectivity index (χ0n) is 22.2. The predicted octanol–water partition coefficient (Wildman–Crippen LogP) is 3.61. The van der Waals surface area contributed by atoms with Crippen LogP contribution in [-0.2, 0) is 19.7 Å². The minimum Gasteiger partial charge on any atom is -0.444 e. The average Bonchev–Trinajstić information content (AvgIpc) is 3.15. The number of aromatic nitrogens is 1. The number of nitrogens with zero attached hydrogens (tertiary/aromatic N) is 4. The second-order valence-corrected chi connectivity index (χ2v) is 11.2. The first-order valence-electron chi connectivity index (χ1n) is 12.8. The number of cyclic esters (lactones) is 1. The number of hydrogen-bond donors (Lipinski definition) is 1. The van der Waals surface area contributed by atoms with Gasteiger partial charge >= 0.3 is 12.2 Å². The van der Waals surface area contributed by atoms with E-state index in [0.717, 1.165) is 0 Å². The third-order valence-electron chi connectivity index (χ3n) is 7.43. The molecule has 11 heteroatoms. The van der Waals surface area contributed by atoms with Crippen molar-refractivity contribution in [3.05, 3.63) is 48.0 Å². The number of hydrogen-bond acceptors (Lipinski definition) is 7. The Morgan fingerprint density at radius 2 is 1.95 bits per heavy atom. The first-order valence-corrected chi connectivity index (χ1v) is 12.8. The molecule has 39 heavy (non-hydrogen) atoms. The molecule has 2 aromatic rings. The summed E-state index contributed by atoms with van der Waals surface area (Å²) in [5.74, 6) is -0.822. The molecule has 2 saturated heterocycles. The highest BCUT2D eigenvalue weighted by atomic mass is 19.1. The van der Waals surface area contributed by atoms with E-state index < -0.39 is 29.0 Å². The Labute approximate surface area is 225 Å². The van der Waals surface area contributed by atoms with Crippen LogP contribution in [0.15, 0.2) is 36.5 Å². The lowest BCUT2D eigenvalue weighted by atomic mass is 9.95. The maximum Gasteiger partial charge on any atom is 0.414 e. The van der Waals surface area contributed by atoms with Crippen LogP contribution < -0.4 is 10.2 Å². The summed E-state index contributed by atoms with van der Waals surface area (Å²) in [6.45, 7) is 8.05. The molecule has 0 bridgehead atoms. The minimum atomic E-state index is -0.774. The molecule has 4 atom stereocenters. The molecule has 1 saturated carbocycles. The van der Waals surface area contributed by atoms with Crippen molar-refractivity contribution in [2.45, 2.75) is 44.8 Å². The maximum atomic E-state index is 15.1. The molecule has 3 heterocycles. The van der Waals surface area contributed by atoms with Crippen molar-refractivity contribution in [3.63, 3.8) is 0 Å². The Morgan fingerprint density at radius 1 is 1.23 bits per heavy atom. The van der Waals surface area contributed by atoms with Gasteiger partial charge in [-0.1, -0.05) is 6.07 Å². The number of rotatable bonds is 5. The molecule has 5 rings (SSSR count). The molecule has 1 aliphatic carbocycles. The fourth-order valence-electron chi connectivity index (χ4n) is 5.51. The lowest BCUT2D eigenvalue weighted by Gasteiger charge is -2.27. The highest BCUT2D eigenvalue weighted by Gasteiger charge is 2.71. The number of ether oxygens (including phenoxy) is 2. The van der Waals surface area contributed by atoms with Crippen molar-refractivity contribution < 1.29 is 28.2 Å². The summed E-state index contributed by atoms with van der Waals surface area (Å²) < 4.78 is 25.8. The number of carbonyl (C=O) groups is 3. The van der Waals surface area contributed by atoms with Gasteiger partial charge in [0.2, 0.25) is 5.91 Å². The Balaban J connectivity index is 1.26. The van der Waals surface area contributed by atoms with Gasteiger partial charge in [0, 0.05) is 49.2 Å². The summed E-state index contributed by atoms with van der Waals surface area (Å²) in [5, 5.41) is 12.7. The molecule has 10 nitrogen and oxygen atoms in total. The summed E-state index contributed by atoms with van der Waals surface area (Å²) >= 11 is 0. The van der Waals surface area contributed by atoms with Crippen LogP contribution in [0.4, 0.5) is 19.7 Å². The van der Waals surface area contributed by atoms with Crippen LogP contribution in [0.25, 0.3) is 11.1 Å². The highest BCUT2D eigenvalue weighted by molar-refractivity contribution is 5.90. The largest absolute Gasteiger partial charge is 0.444 e. The molecule has 0 unspecified atom stereocenters. The maximum absolute atomic E-state index is 15.1. The van der Waals surface area contributed by atoms with Gasteiger partial charge < -0.3 is 19.7 Å². The van der Waals surface area contributed by atoms with Crippen LogP contribution in [0.5, 0.6) is 0 Å². The number of anilines is 1. The second-order valence-electron chi connectivity index (χ2n) is 11.2. The van der Waals surface area contributed by atoms with E-state index in [-0.39, 0.29) is 36.9 Å². The number of amides is 3. The Morgan fingerprint density at radius 3 is 2.51 bits per heavy atom. The molecule has 3 aliphatic rings. The van der Waals surface area contributed by atoms with E-state index in [1.807, 2.05) is 20.8 Å². The van der Waals surface area contributed by atoms with Crippen LogP contribution in [-0.4, -0.2) is 65.9 Å². The Hall–Kier alpha value is -4.20. The SMILES string of the molecule is CC(=O)NC[C@H]1CN(c2ccc(-c3ccc([C@@]4(C#N)[C@@H]5CN(C(=O)OC(C)(C)C)C[C@@H]54)nc3)c(F)c2)C(=O)O1. The summed E-state index contributed by atoms with van der Waals surface area (Å²) in [6, 6.07) is 10.4. The van der Waals surface area contributed by atoms with Gasteiger partial charge in [0.1, 0.15) is 22.9 Å². The summed E-state index contributed by atoms with van der Waals surface area (Å²) in [5.41, 5.74) is 0.427. The fourth-order valence-corrected chi connectivity index (χ4v) is 5.51. The molecular formula is C28H30FN5O5.